The molecule has 0 fully saturated rings. The molecule has 0 heterocycles. The van der Waals surface area contributed by atoms with Crippen LogP contribution in [0.3, 0.4) is 0 Å². The third-order valence-electron chi connectivity index (χ3n) is 3.88. The van der Waals surface area contributed by atoms with Gasteiger partial charge in [-0.15, -0.1) is 0 Å². The Morgan fingerprint density at radius 2 is 1.37 bits per heavy atom. The Labute approximate surface area is 158 Å². The monoisotopic (exact) mass is 364 g/mol. The molecule has 5 nitrogen and oxygen atoms in total. The second kappa shape index (κ2) is 8.76. The van der Waals surface area contributed by atoms with E-state index in [1.54, 1.807) is 36.4 Å². The van der Waals surface area contributed by atoms with Crippen LogP contribution in [0, 0.1) is 0 Å². The summed E-state index contributed by atoms with van der Waals surface area (Å²) in [6.07, 6.45) is 0. The van der Waals surface area contributed by atoms with Gasteiger partial charge >= 0.3 is 5.97 Å². The molecule has 3 rings (SSSR count). The van der Waals surface area contributed by atoms with Gasteiger partial charge in [0.1, 0.15) is 12.4 Å². The van der Waals surface area contributed by atoms with Gasteiger partial charge in [0.2, 0.25) is 5.75 Å². The minimum absolute atomic E-state index is 0.310. The van der Waals surface area contributed by atoms with Crippen LogP contribution in [-0.2, 0) is 6.61 Å². The molecule has 0 N–H and O–H groups in total. The van der Waals surface area contributed by atoms with Crippen molar-refractivity contribution in [2.45, 2.75) is 6.61 Å². The lowest BCUT2D eigenvalue weighted by atomic mass is 10.2. The van der Waals surface area contributed by atoms with E-state index in [0.717, 1.165) is 5.56 Å². The summed E-state index contributed by atoms with van der Waals surface area (Å²) in [5.41, 5.74) is 1.47. The van der Waals surface area contributed by atoms with Crippen molar-refractivity contribution in [2.24, 2.45) is 0 Å². The maximum atomic E-state index is 12.3. The summed E-state index contributed by atoms with van der Waals surface area (Å²) >= 11 is 0. The molecule has 0 radical (unpaired) electrons. The van der Waals surface area contributed by atoms with Gasteiger partial charge in [0.15, 0.2) is 11.5 Å². The van der Waals surface area contributed by atoms with Crippen molar-refractivity contribution < 1.29 is 23.7 Å². The number of methoxy groups -OCH3 is 2. The van der Waals surface area contributed by atoms with Gasteiger partial charge in [-0.25, -0.2) is 4.79 Å². The van der Waals surface area contributed by atoms with Crippen molar-refractivity contribution in [3.8, 4) is 23.0 Å². The molecule has 0 spiro atoms. The van der Waals surface area contributed by atoms with E-state index in [2.05, 4.69) is 0 Å². The lowest BCUT2D eigenvalue weighted by molar-refractivity contribution is 0.0734. The van der Waals surface area contributed by atoms with Gasteiger partial charge < -0.3 is 18.9 Å². The lowest BCUT2D eigenvalue weighted by Crippen LogP contribution is -2.09. The summed E-state index contributed by atoms with van der Waals surface area (Å²) in [5, 5.41) is 0. The lowest BCUT2D eigenvalue weighted by Gasteiger charge is -2.16. The van der Waals surface area contributed by atoms with Gasteiger partial charge in [-0.3, -0.25) is 0 Å². The number of hydrogen-bond acceptors (Lipinski definition) is 5. The molecule has 27 heavy (non-hydrogen) atoms. The van der Waals surface area contributed by atoms with Gasteiger partial charge in [-0.1, -0.05) is 48.5 Å². The summed E-state index contributed by atoms with van der Waals surface area (Å²) < 4.78 is 22.2. The van der Waals surface area contributed by atoms with Crippen molar-refractivity contribution in [2.75, 3.05) is 14.2 Å². The first-order valence-corrected chi connectivity index (χ1v) is 8.41. The number of ether oxygens (including phenoxy) is 4. The average molecular weight is 364 g/mol. The Hall–Kier alpha value is -3.47. The third-order valence-corrected chi connectivity index (χ3v) is 3.88. The maximum absolute atomic E-state index is 12.3. The fourth-order valence-electron chi connectivity index (χ4n) is 2.53. The first-order valence-electron chi connectivity index (χ1n) is 8.41. The van der Waals surface area contributed by atoms with E-state index in [1.807, 2.05) is 36.4 Å². The van der Waals surface area contributed by atoms with E-state index in [0.29, 0.717) is 35.2 Å². The Kier molecular flexibility index (Phi) is 5.94. The SMILES string of the molecule is COc1cc(OC(=O)c2ccccc2)cc(OC)c1OCc1ccccc1. The summed E-state index contributed by atoms with van der Waals surface area (Å²) in [4.78, 5) is 12.3. The van der Waals surface area contributed by atoms with Crippen LogP contribution in [0.25, 0.3) is 0 Å². The van der Waals surface area contributed by atoms with Gasteiger partial charge in [0.25, 0.3) is 0 Å². The molecule has 0 unspecified atom stereocenters. The molecule has 0 aromatic heterocycles. The first-order chi connectivity index (χ1) is 13.2. The second-order valence-electron chi connectivity index (χ2n) is 5.69. The van der Waals surface area contributed by atoms with Crippen molar-refractivity contribution in [3.05, 3.63) is 83.9 Å². The highest BCUT2D eigenvalue weighted by Crippen LogP contribution is 2.41. The molecule has 0 saturated heterocycles. The second-order valence-corrected chi connectivity index (χ2v) is 5.69. The number of carbonyl (C=O) groups is 1. The van der Waals surface area contributed by atoms with E-state index < -0.39 is 5.97 Å². The molecule has 0 aliphatic heterocycles. The van der Waals surface area contributed by atoms with Crippen LogP contribution in [0.15, 0.2) is 72.8 Å². The molecule has 5 heteroatoms. The minimum Gasteiger partial charge on any atom is -0.493 e. The summed E-state index contributed by atoms with van der Waals surface area (Å²) in [6.45, 7) is 0.358. The van der Waals surface area contributed by atoms with Crippen molar-refractivity contribution in [1.29, 1.82) is 0 Å². The van der Waals surface area contributed by atoms with E-state index in [-0.39, 0.29) is 0 Å². The minimum atomic E-state index is -0.460. The number of benzene rings is 3. The fraction of sp³-hybridized carbons (Fsp3) is 0.136. The summed E-state index contributed by atoms with van der Waals surface area (Å²) in [6, 6.07) is 21.7. The van der Waals surface area contributed by atoms with Gasteiger partial charge in [0, 0.05) is 12.1 Å². The van der Waals surface area contributed by atoms with Crippen molar-refractivity contribution in [3.63, 3.8) is 0 Å². The predicted molar refractivity (Wildman–Crippen MR) is 102 cm³/mol. The normalized spacial score (nSPS) is 10.1. The number of esters is 1. The Balaban J connectivity index is 1.82. The highest BCUT2D eigenvalue weighted by atomic mass is 16.5. The molecule has 0 amide bonds. The van der Waals surface area contributed by atoms with E-state index >= 15 is 0 Å². The number of hydrogen-bond donors (Lipinski definition) is 0. The highest BCUT2D eigenvalue weighted by Gasteiger charge is 2.17. The van der Waals surface area contributed by atoms with Crippen LogP contribution in [0.1, 0.15) is 15.9 Å². The highest BCUT2D eigenvalue weighted by molar-refractivity contribution is 5.91. The zero-order valence-electron chi connectivity index (χ0n) is 15.2. The molecular weight excluding hydrogens is 344 g/mol. The van der Waals surface area contributed by atoms with Crippen LogP contribution in [0.5, 0.6) is 23.0 Å². The zero-order valence-corrected chi connectivity index (χ0v) is 15.2. The van der Waals surface area contributed by atoms with E-state index in [1.165, 1.54) is 14.2 Å². The Morgan fingerprint density at radius 1 is 0.815 bits per heavy atom. The van der Waals surface area contributed by atoms with Gasteiger partial charge in [-0.05, 0) is 17.7 Å². The molecular formula is C22H20O5. The standard InChI is InChI=1S/C22H20O5/c1-24-19-13-18(27-22(23)17-11-7-4-8-12-17)14-20(25-2)21(19)26-15-16-9-5-3-6-10-16/h3-14H,15H2,1-2H3. The molecule has 0 atom stereocenters. The zero-order chi connectivity index (χ0) is 19.1. The molecule has 0 saturated carbocycles. The average Bonchev–Trinajstić information content (AvgIpc) is 2.73. The van der Waals surface area contributed by atoms with Crippen LogP contribution in [0.4, 0.5) is 0 Å². The Morgan fingerprint density at radius 3 is 1.93 bits per heavy atom. The van der Waals surface area contributed by atoms with Crippen LogP contribution in [-0.4, -0.2) is 20.2 Å². The largest absolute Gasteiger partial charge is 0.493 e. The fourth-order valence-corrected chi connectivity index (χ4v) is 2.53. The van der Waals surface area contributed by atoms with Crippen LogP contribution >= 0.6 is 0 Å². The van der Waals surface area contributed by atoms with Crippen LogP contribution < -0.4 is 18.9 Å². The van der Waals surface area contributed by atoms with Crippen molar-refractivity contribution in [1.82, 2.24) is 0 Å². The summed E-state index contributed by atoms with van der Waals surface area (Å²) in [7, 11) is 3.04. The van der Waals surface area contributed by atoms with E-state index in [4.69, 9.17) is 18.9 Å². The first kappa shape index (κ1) is 18.3. The number of carbonyl (C=O) groups excluding carboxylic acids is 1. The number of rotatable bonds is 7. The van der Waals surface area contributed by atoms with Crippen molar-refractivity contribution >= 4 is 5.97 Å². The van der Waals surface area contributed by atoms with Gasteiger partial charge in [-0.2, -0.15) is 0 Å². The summed E-state index contributed by atoms with van der Waals surface area (Å²) in [5.74, 6) is 1.13. The molecule has 0 aliphatic carbocycles. The Bertz CT molecular complexity index is 866. The predicted octanol–water partition coefficient (Wildman–Crippen LogP) is 4.50. The van der Waals surface area contributed by atoms with Crippen LogP contribution in [0.2, 0.25) is 0 Å². The topological polar surface area (TPSA) is 54.0 Å². The molecule has 0 bridgehead atoms. The molecule has 3 aromatic carbocycles. The molecule has 3 aromatic rings. The smallest absolute Gasteiger partial charge is 0.343 e. The molecule has 0 aliphatic rings. The van der Waals surface area contributed by atoms with E-state index in [9.17, 15) is 4.79 Å². The maximum Gasteiger partial charge on any atom is 0.343 e. The molecule has 138 valence electrons. The quantitative estimate of drug-likeness (QED) is 0.456. The van der Waals surface area contributed by atoms with Gasteiger partial charge in [0.05, 0.1) is 19.8 Å². The third kappa shape index (κ3) is 4.58.